The molecule has 0 aliphatic carbocycles. The van der Waals surface area contributed by atoms with Crippen LogP contribution in [0.15, 0.2) is 46.6 Å². The quantitative estimate of drug-likeness (QED) is 0.536. The molecule has 1 aromatic carbocycles. The number of benzene rings is 1. The summed E-state index contributed by atoms with van der Waals surface area (Å²) in [5.74, 6) is 0.928. The van der Waals surface area contributed by atoms with Gasteiger partial charge in [0.15, 0.2) is 12.4 Å². The van der Waals surface area contributed by atoms with Crippen LogP contribution in [0.5, 0.6) is 5.88 Å². The molecule has 0 saturated carbocycles. The number of hydrogen-bond donors (Lipinski definition) is 1. The number of nitrogens with zero attached hydrogens (tertiary/aromatic N) is 3. The number of carbonyl (C=O) groups excluding carboxylic acids is 1. The number of hydrogen-bond acceptors (Lipinski definition) is 7. The fraction of sp³-hybridized carbons (Fsp3) is 0.111. The number of aryl methyl sites for hydroxylation is 1. The summed E-state index contributed by atoms with van der Waals surface area (Å²) in [5.41, 5.74) is 1.89. The van der Waals surface area contributed by atoms with E-state index in [1.165, 1.54) is 17.7 Å². The Morgan fingerprint density at radius 3 is 2.85 bits per heavy atom. The van der Waals surface area contributed by atoms with E-state index >= 15 is 0 Å². The minimum Gasteiger partial charge on any atom is -0.467 e. The Morgan fingerprint density at radius 2 is 2.11 bits per heavy atom. The number of thiophene rings is 1. The van der Waals surface area contributed by atoms with Crippen molar-refractivity contribution in [2.75, 3.05) is 11.9 Å². The molecule has 0 aliphatic heterocycles. The largest absolute Gasteiger partial charge is 0.467 e. The molecule has 0 unspecified atom stereocenters. The molecule has 3 heterocycles. The summed E-state index contributed by atoms with van der Waals surface area (Å²) in [4.78, 5) is 21.3. The van der Waals surface area contributed by atoms with Crippen molar-refractivity contribution in [1.29, 1.82) is 0 Å². The van der Waals surface area contributed by atoms with Gasteiger partial charge in [-0.05, 0) is 24.6 Å². The average molecular weight is 401 g/mol. The van der Waals surface area contributed by atoms with Gasteiger partial charge in [-0.1, -0.05) is 28.9 Å². The molecule has 0 saturated heterocycles. The van der Waals surface area contributed by atoms with Gasteiger partial charge < -0.3 is 14.6 Å². The predicted octanol–water partition coefficient (Wildman–Crippen LogP) is 4.33. The zero-order valence-corrected chi connectivity index (χ0v) is 15.7. The summed E-state index contributed by atoms with van der Waals surface area (Å²) in [6.07, 6.45) is 1.42. The third kappa shape index (κ3) is 3.76. The van der Waals surface area contributed by atoms with Crippen LogP contribution in [-0.4, -0.2) is 27.6 Å². The standard InChI is InChI=1S/C18H13ClN4O3S/c1-10-6-14(23-26-10)22-15(24)7-25-17-16-13(8-27-18(16)21-9-20-17)11-2-4-12(19)5-3-11/h2-6,8-9H,7H2,1H3,(H,22,23,24). The lowest BCUT2D eigenvalue weighted by Gasteiger charge is -2.07. The molecule has 0 spiro atoms. The number of aromatic nitrogens is 3. The molecule has 1 amide bonds. The predicted molar refractivity (Wildman–Crippen MR) is 103 cm³/mol. The van der Waals surface area contributed by atoms with Crippen molar-refractivity contribution in [2.24, 2.45) is 0 Å². The Balaban J connectivity index is 1.57. The van der Waals surface area contributed by atoms with Gasteiger partial charge in [-0.15, -0.1) is 11.3 Å². The third-order valence-corrected chi connectivity index (χ3v) is 4.86. The highest BCUT2D eigenvalue weighted by Crippen LogP contribution is 2.37. The van der Waals surface area contributed by atoms with Gasteiger partial charge in [0.1, 0.15) is 16.9 Å². The average Bonchev–Trinajstić information content (AvgIpc) is 3.27. The highest BCUT2D eigenvalue weighted by Gasteiger charge is 2.16. The summed E-state index contributed by atoms with van der Waals surface area (Å²) in [6, 6.07) is 9.09. The summed E-state index contributed by atoms with van der Waals surface area (Å²) in [7, 11) is 0. The first-order chi connectivity index (χ1) is 13.1. The molecular formula is C18H13ClN4O3S. The minimum atomic E-state index is -0.363. The van der Waals surface area contributed by atoms with E-state index in [4.69, 9.17) is 20.9 Å². The number of nitrogens with one attached hydrogen (secondary N) is 1. The second-order valence-electron chi connectivity index (χ2n) is 5.67. The van der Waals surface area contributed by atoms with Crippen LogP contribution < -0.4 is 10.1 Å². The van der Waals surface area contributed by atoms with E-state index in [2.05, 4.69) is 20.4 Å². The second-order valence-corrected chi connectivity index (χ2v) is 6.97. The van der Waals surface area contributed by atoms with E-state index in [-0.39, 0.29) is 12.5 Å². The van der Waals surface area contributed by atoms with Gasteiger partial charge in [0.25, 0.3) is 5.91 Å². The Bertz CT molecular complexity index is 1110. The lowest BCUT2D eigenvalue weighted by Crippen LogP contribution is -2.20. The molecule has 0 atom stereocenters. The SMILES string of the molecule is Cc1cc(NC(=O)COc2ncnc3scc(-c4ccc(Cl)cc4)c23)no1. The number of carbonyl (C=O) groups is 1. The highest BCUT2D eigenvalue weighted by atomic mass is 35.5. The second kappa shape index (κ2) is 7.34. The van der Waals surface area contributed by atoms with Gasteiger partial charge >= 0.3 is 0 Å². The molecule has 1 N–H and O–H groups in total. The fourth-order valence-corrected chi connectivity index (χ4v) is 3.57. The van der Waals surface area contributed by atoms with Crippen molar-refractivity contribution in [2.45, 2.75) is 6.92 Å². The smallest absolute Gasteiger partial charge is 0.263 e. The van der Waals surface area contributed by atoms with Crippen LogP contribution in [0.2, 0.25) is 5.02 Å². The minimum absolute atomic E-state index is 0.214. The van der Waals surface area contributed by atoms with Crippen LogP contribution in [0.1, 0.15) is 5.76 Å². The maximum atomic E-state index is 12.1. The van der Waals surface area contributed by atoms with Crippen LogP contribution in [-0.2, 0) is 4.79 Å². The first kappa shape index (κ1) is 17.4. The zero-order chi connectivity index (χ0) is 18.8. The molecule has 0 aliphatic rings. The normalized spacial score (nSPS) is 10.9. The van der Waals surface area contributed by atoms with Gasteiger partial charge in [0.2, 0.25) is 5.88 Å². The fourth-order valence-electron chi connectivity index (χ4n) is 2.54. The first-order valence-corrected chi connectivity index (χ1v) is 9.20. The molecule has 3 aromatic heterocycles. The maximum absolute atomic E-state index is 12.1. The van der Waals surface area contributed by atoms with Crippen molar-refractivity contribution >= 4 is 44.9 Å². The van der Waals surface area contributed by atoms with Gasteiger partial charge in [0.05, 0.1) is 5.39 Å². The maximum Gasteiger partial charge on any atom is 0.263 e. The molecule has 0 fully saturated rings. The van der Waals surface area contributed by atoms with Gasteiger partial charge in [-0.2, -0.15) is 0 Å². The Hall–Kier alpha value is -2.97. The van der Waals surface area contributed by atoms with E-state index in [9.17, 15) is 4.79 Å². The van der Waals surface area contributed by atoms with Crippen molar-refractivity contribution in [3.05, 3.63) is 52.8 Å². The van der Waals surface area contributed by atoms with E-state index in [0.717, 1.165) is 21.3 Å². The summed E-state index contributed by atoms with van der Waals surface area (Å²) in [6.45, 7) is 1.53. The number of anilines is 1. The van der Waals surface area contributed by atoms with Crippen molar-refractivity contribution in [3.63, 3.8) is 0 Å². The number of fused-ring (bicyclic) bond motifs is 1. The highest BCUT2D eigenvalue weighted by molar-refractivity contribution is 7.17. The molecule has 4 rings (SSSR count). The number of ether oxygens (including phenoxy) is 1. The molecule has 7 nitrogen and oxygen atoms in total. The van der Waals surface area contributed by atoms with Crippen LogP contribution in [0.4, 0.5) is 5.82 Å². The van der Waals surface area contributed by atoms with Gasteiger partial charge in [0, 0.05) is 22.0 Å². The van der Waals surface area contributed by atoms with E-state index in [0.29, 0.717) is 22.5 Å². The van der Waals surface area contributed by atoms with Crippen LogP contribution in [0.25, 0.3) is 21.3 Å². The van der Waals surface area contributed by atoms with Crippen molar-refractivity contribution < 1.29 is 14.1 Å². The first-order valence-electron chi connectivity index (χ1n) is 7.94. The van der Waals surface area contributed by atoms with Crippen molar-refractivity contribution in [1.82, 2.24) is 15.1 Å². The van der Waals surface area contributed by atoms with Crippen LogP contribution in [0, 0.1) is 6.92 Å². The topological polar surface area (TPSA) is 90.1 Å². The Labute approximate surface area is 162 Å². The lowest BCUT2D eigenvalue weighted by molar-refractivity contribution is -0.118. The van der Waals surface area contributed by atoms with E-state index in [1.807, 2.05) is 29.6 Å². The van der Waals surface area contributed by atoms with Crippen LogP contribution >= 0.6 is 22.9 Å². The van der Waals surface area contributed by atoms with E-state index in [1.54, 1.807) is 13.0 Å². The van der Waals surface area contributed by atoms with Crippen LogP contribution in [0.3, 0.4) is 0 Å². The molecular weight excluding hydrogens is 388 g/mol. The number of amides is 1. The van der Waals surface area contributed by atoms with E-state index < -0.39 is 0 Å². The van der Waals surface area contributed by atoms with Crippen molar-refractivity contribution in [3.8, 4) is 17.0 Å². The number of rotatable bonds is 5. The summed E-state index contributed by atoms with van der Waals surface area (Å²) >= 11 is 7.45. The number of halogens is 1. The Morgan fingerprint density at radius 1 is 1.30 bits per heavy atom. The molecule has 27 heavy (non-hydrogen) atoms. The zero-order valence-electron chi connectivity index (χ0n) is 14.1. The molecule has 0 bridgehead atoms. The summed E-state index contributed by atoms with van der Waals surface area (Å²) in [5, 5.41) is 9.72. The molecule has 9 heteroatoms. The molecule has 4 aromatic rings. The lowest BCUT2D eigenvalue weighted by atomic mass is 10.1. The summed E-state index contributed by atoms with van der Waals surface area (Å²) < 4.78 is 10.6. The monoisotopic (exact) mass is 400 g/mol. The van der Waals surface area contributed by atoms with Gasteiger partial charge in [-0.3, -0.25) is 4.79 Å². The van der Waals surface area contributed by atoms with Gasteiger partial charge in [-0.25, -0.2) is 9.97 Å². The molecule has 136 valence electrons. The molecule has 0 radical (unpaired) electrons. The Kier molecular flexibility index (Phi) is 4.74. The third-order valence-electron chi connectivity index (χ3n) is 3.73.